The van der Waals surface area contributed by atoms with Crippen LogP contribution in [-0.4, -0.2) is 16.8 Å². The second-order valence-electron chi connectivity index (χ2n) is 3.89. The maximum absolute atomic E-state index is 13.0. The maximum Gasteiger partial charge on any atom is 0.311 e. The summed E-state index contributed by atoms with van der Waals surface area (Å²) in [6.07, 6.45) is 0.775. The monoisotopic (exact) mass is 239 g/mol. The third kappa shape index (κ3) is 2.58. The van der Waals surface area contributed by atoms with Gasteiger partial charge in [0.25, 0.3) is 0 Å². The van der Waals surface area contributed by atoms with Crippen molar-refractivity contribution >= 4 is 11.5 Å². The van der Waals surface area contributed by atoms with E-state index in [-0.39, 0.29) is 29.7 Å². The van der Waals surface area contributed by atoms with Crippen LogP contribution in [0.4, 0.5) is 10.1 Å². The normalized spacial score (nSPS) is 19.4. The van der Waals surface area contributed by atoms with Gasteiger partial charge in [-0.15, -0.1) is 0 Å². The molecule has 1 fully saturated rings. The van der Waals surface area contributed by atoms with Gasteiger partial charge in [-0.3, -0.25) is 14.9 Å². The lowest BCUT2D eigenvalue weighted by Gasteiger charge is -2.12. The summed E-state index contributed by atoms with van der Waals surface area (Å²) in [6.45, 7) is 0. The van der Waals surface area contributed by atoms with Crippen LogP contribution in [0.2, 0.25) is 0 Å². The Hall–Kier alpha value is -1.98. The average molecular weight is 239 g/mol. The molecule has 1 atom stereocenters. The number of halogens is 1. The van der Waals surface area contributed by atoms with Crippen molar-refractivity contribution in [1.29, 1.82) is 0 Å². The van der Waals surface area contributed by atoms with E-state index in [0.717, 1.165) is 18.2 Å². The standard InChI is InChI=1S/C11H10FNO4/c12-7-1-4-10(13(15)16)11(5-7)17-9-3-2-8(14)6-9/h1,4-5,9H,2-3,6H2. The van der Waals surface area contributed by atoms with E-state index in [4.69, 9.17) is 4.74 Å². The van der Waals surface area contributed by atoms with Crippen molar-refractivity contribution in [3.8, 4) is 5.75 Å². The number of carbonyl (C=O) groups excluding carboxylic acids is 1. The van der Waals surface area contributed by atoms with Crippen LogP contribution in [-0.2, 0) is 4.79 Å². The highest BCUT2D eigenvalue weighted by atomic mass is 19.1. The fourth-order valence-electron chi connectivity index (χ4n) is 1.79. The first-order chi connectivity index (χ1) is 8.06. The van der Waals surface area contributed by atoms with Gasteiger partial charge in [0.05, 0.1) is 4.92 Å². The van der Waals surface area contributed by atoms with E-state index >= 15 is 0 Å². The van der Waals surface area contributed by atoms with Crippen LogP contribution in [0.25, 0.3) is 0 Å². The number of ketones is 1. The topological polar surface area (TPSA) is 69.4 Å². The van der Waals surface area contributed by atoms with E-state index in [1.807, 2.05) is 0 Å². The number of hydrogen-bond donors (Lipinski definition) is 0. The summed E-state index contributed by atoms with van der Waals surface area (Å²) in [7, 11) is 0. The smallest absolute Gasteiger partial charge is 0.311 e. The second-order valence-corrected chi connectivity index (χ2v) is 3.89. The van der Waals surface area contributed by atoms with Gasteiger partial charge in [0.15, 0.2) is 5.75 Å². The summed E-state index contributed by atoms with van der Waals surface area (Å²) in [5.74, 6) is -0.654. The van der Waals surface area contributed by atoms with Gasteiger partial charge in [0.1, 0.15) is 17.7 Å². The molecule has 5 nitrogen and oxygen atoms in total. The Bertz CT molecular complexity index is 475. The maximum atomic E-state index is 13.0. The second kappa shape index (κ2) is 4.48. The van der Waals surface area contributed by atoms with Crippen molar-refractivity contribution in [2.75, 3.05) is 0 Å². The number of benzene rings is 1. The molecule has 0 saturated heterocycles. The summed E-state index contributed by atoms with van der Waals surface area (Å²) in [5.41, 5.74) is -0.286. The number of ether oxygens (including phenoxy) is 1. The van der Waals surface area contributed by atoms with E-state index in [9.17, 15) is 19.3 Å². The van der Waals surface area contributed by atoms with Crippen LogP contribution < -0.4 is 4.74 Å². The first-order valence-electron chi connectivity index (χ1n) is 5.18. The van der Waals surface area contributed by atoms with Gasteiger partial charge in [0, 0.05) is 25.0 Å². The molecule has 1 aromatic rings. The largest absolute Gasteiger partial charge is 0.483 e. The number of Topliss-reactive ketones (excluding diaryl/α,β-unsaturated/α-hetero) is 1. The molecule has 0 amide bonds. The molecule has 1 unspecified atom stereocenters. The SMILES string of the molecule is O=C1CCC(Oc2cc(F)ccc2[N+](=O)[O-])C1. The summed E-state index contributed by atoms with van der Waals surface area (Å²) in [6, 6.07) is 3.03. The van der Waals surface area contributed by atoms with Crippen molar-refractivity contribution in [3.05, 3.63) is 34.1 Å². The van der Waals surface area contributed by atoms with E-state index in [1.54, 1.807) is 0 Å². The number of rotatable bonds is 3. The Morgan fingerprint density at radius 2 is 2.24 bits per heavy atom. The fraction of sp³-hybridized carbons (Fsp3) is 0.364. The van der Waals surface area contributed by atoms with Crippen molar-refractivity contribution in [3.63, 3.8) is 0 Å². The van der Waals surface area contributed by atoms with Gasteiger partial charge >= 0.3 is 5.69 Å². The predicted molar refractivity (Wildman–Crippen MR) is 56.3 cm³/mol. The van der Waals surface area contributed by atoms with Crippen molar-refractivity contribution in [2.45, 2.75) is 25.4 Å². The molecule has 0 heterocycles. The minimum Gasteiger partial charge on any atom is -0.483 e. The molecule has 1 aromatic carbocycles. The molecule has 0 aromatic heterocycles. The number of carbonyl (C=O) groups is 1. The Balaban J connectivity index is 2.21. The Labute approximate surface area is 96.3 Å². The van der Waals surface area contributed by atoms with Gasteiger partial charge in [0.2, 0.25) is 0 Å². The molecular weight excluding hydrogens is 229 g/mol. The van der Waals surface area contributed by atoms with Crippen LogP contribution in [0.3, 0.4) is 0 Å². The summed E-state index contributed by atoms with van der Waals surface area (Å²) < 4.78 is 18.3. The highest BCUT2D eigenvalue weighted by Gasteiger charge is 2.26. The van der Waals surface area contributed by atoms with E-state index in [1.165, 1.54) is 0 Å². The number of hydrogen-bond acceptors (Lipinski definition) is 4. The molecule has 1 aliphatic rings. The first-order valence-corrected chi connectivity index (χ1v) is 5.18. The highest BCUT2D eigenvalue weighted by molar-refractivity contribution is 5.81. The lowest BCUT2D eigenvalue weighted by Crippen LogP contribution is -2.13. The molecule has 2 rings (SSSR count). The molecule has 17 heavy (non-hydrogen) atoms. The first kappa shape index (κ1) is 11.5. The Morgan fingerprint density at radius 3 is 2.82 bits per heavy atom. The zero-order chi connectivity index (χ0) is 12.4. The van der Waals surface area contributed by atoms with Gasteiger partial charge in [-0.2, -0.15) is 0 Å². The third-order valence-electron chi connectivity index (χ3n) is 2.61. The van der Waals surface area contributed by atoms with Crippen molar-refractivity contribution in [1.82, 2.24) is 0 Å². The van der Waals surface area contributed by atoms with Gasteiger partial charge < -0.3 is 4.74 Å². The number of nitro groups is 1. The lowest BCUT2D eigenvalue weighted by molar-refractivity contribution is -0.386. The summed E-state index contributed by atoms with van der Waals surface area (Å²) in [5, 5.41) is 10.7. The third-order valence-corrected chi connectivity index (χ3v) is 2.61. The number of nitro benzene ring substituents is 1. The van der Waals surface area contributed by atoms with Crippen LogP contribution in [0.15, 0.2) is 18.2 Å². The van der Waals surface area contributed by atoms with Crippen LogP contribution in [0.1, 0.15) is 19.3 Å². The summed E-state index contributed by atoms with van der Waals surface area (Å²) in [4.78, 5) is 21.1. The van der Waals surface area contributed by atoms with E-state index in [2.05, 4.69) is 0 Å². The molecule has 0 aliphatic heterocycles. The Morgan fingerprint density at radius 1 is 1.47 bits per heavy atom. The highest BCUT2D eigenvalue weighted by Crippen LogP contribution is 2.31. The molecule has 0 bridgehead atoms. The summed E-state index contributed by atoms with van der Waals surface area (Å²) >= 11 is 0. The van der Waals surface area contributed by atoms with Crippen molar-refractivity contribution in [2.24, 2.45) is 0 Å². The molecule has 0 N–H and O–H groups in total. The minimum absolute atomic E-state index is 0.0639. The van der Waals surface area contributed by atoms with Gasteiger partial charge in [-0.1, -0.05) is 0 Å². The fourth-order valence-corrected chi connectivity index (χ4v) is 1.79. The van der Waals surface area contributed by atoms with E-state index < -0.39 is 10.7 Å². The molecule has 90 valence electrons. The van der Waals surface area contributed by atoms with E-state index in [0.29, 0.717) is 12.8 Å². The zero-order valence-corrected chi connectivity index (χ0v) is 8.89. The zero-order valence-electron chi connectivity index (χ0n) is 8.89. The quantitative estimate of drug-likeness (QED) is 0.599. The molecule has 0 radical (unpaired) electrons. The Kier molecular flexibility index (Phi) is 3.03. The lowest BCUT2D eigenvalue weighted by atomic mass is 10.2. The molecular formula is C11H10FNO4. The van der Waals surface area contributed by atoms with Crippen LogP contribution in [0.5, 0.6) is 5.75 Å². The van der Waals surface area contributed by atoms with Gasteiger partial charge in [-0.25, -0.2) is 4.39 Å². The van der Waals surface area contributed by atoms with Crippen LogP contribution >= 0.6 is 0 Å². The minimum atomic E-state index is -0.633. The van der Waals surface area contributed by atoms with Gasteiger partial charge in [-0.05, 0) is 12.5 Å². The molecule has 6 heteroatoms. The number of nitrogens with zero attached hydrogens (tertiary/aromatic N) is 1. The molecule has 1 aliphatic carbocycles. The van der Waals surface area contributed by atoms with Crippen molar-refractivity contribution < 1.29 is 18.8 Å². The van der Waals surface area contributed by atoms with Crippen LogP contribution in [0, 0.1) is 15.9 Å². The average Bonchev–Trinajstić information content (AvgIpc) is 2.63. The molecule has 1 saturated carbocycles. The molecule has 0 spiro atoms. The predicted octanol–water partition coefficient (Wildman–Crippen LogP) is 2.23.